The van der Waals surface area contributed by atoms with Gasteiger partial charge in [0.15, 0.2) is 4.34 Å². The average molecular weight is 403 g/mol. The minimum absolute atomic E-state index is 0.273. The van der Waals surface area contributed by atoms with Gasteiger partial charge < -0.3 is 4.74 Å². The lowest BCUT2D eigenvalue weighted by Crippen LogP contribution is -2.11. The molecule has 1 N–H and O–H groups in total. The van der Waals surface area contributed by atoms with Gasteiger partial charge in [-0.2, -0.15) is 0 Å². The number of thioether (sulfide) groups is 1. The number of carbonyl (C=O) groups is 2. The van der Waals surface area contributed by atoms with Crippen molar-refractivity contribution in [2.45, 2.75) is 17.0 Å². The molecule has 1 amide bonds. The molecule has 0 fully saturated rings. The van der Waals surface area contributed by atoms with Crippen LogP contribution in [0.3, 0.4) is 0 Å². The molecule has 0 unspecified atom stereocenters. The number of hydrogen-bond acceptors (Lipinski definition) is 7. The Hall–Kier alpha value is -2.78. The van der Waals surface area contributed by atoms with E-state index in [1.165, 1.54) is 42.2 Å². The summed E-state index contributed by atoms with van der Waals surface area (Å²) in [5, 5.41) is 11.0. The molecule has 6 nitrogen and oxygen atoms in total. The van der Waals surface area contributed by atoms with Crippen molar-refractivity contribution in [1.29, 1.82) is 0 Å². The van der Waals surface area contributed by atoms with E-state index in [2.05, 4.69) is 15.5 Å². The molecule has 0 spiro atoms. The molecule has 0 aliphatic heterocycles. The summed E-state index contributed by atoms with van der Waals surface area (Å²) in [6, 6.07) is 12.4. The highest BCUT2D eigenvalue weighted by molar-refractivity contribution is 8.00. The standard InChI is InChI=1S/C18H14FN3O3S2/c1-11(23)25-15-8-4-13(5-9-15)16(24)20-17-21-22-18(27-17)26-10-12-2-6-14(19)7-3-12/h2-9H,10H2,1H3,(H,20,21,24). The lowest BCUT2D eigenvalue weighted by atomic mass is 10.2. The van der Waals surface area contributed by atoms with Crippen LogP contribution in [0, 0.1) is 5.82 Å². The van der Waals surface area contributed by atoms with Crippen LogP contribution in [0.4, 0.5) is 9.52 Å². The fourth-order valence-corrected chi connectivity index (χ4v) is 3.76. The molecule has 3 rings (SSSR count). The average Bonchev–Trinajstić information content (AvgIpc) is 3.08. The molecule has 0 bridgehead atoms. The monoisotopic (exact) mass is 403 g/mol. The number of esters is 1. The molecule has 0 radical (unpaired) electrons. The van der Waals surface area contributed by atoms with E-state index in [0.29, 0.717) is 26.5 Å². The largest absolute Gasteiger partial charge is 0.427 e. The number of aromatic nitrogens is 2. The topological polar surface area (TPSA) is 81.2 Å². The molecule has 0 aliphatic rings. The summed E-state index contributed by atoms with van der Waals surface area (Å²) in [6.45, 7) is 1.31. The summed E-state index contributed by atoms with van der Waals surface area (Å²) in [5.41, 5.74) is 1.37. The van der Waals surface area contributed by atoms with Gasteiger partial charge in [-0.05, 0) is 42.0 Å². The van der Waals surface area contributed by atoms with Crippen molar-refractivity contribution >= 4 is 40.1 Å². The number of nitrogens with one attached hydrogen (secondary N) is 1. The summed E-state index contributed by atoms with van der Waals surface area (Å²) in [6.07, 6.45) is 0. The number of halogens is 1. The maximum atomic E-state index is 12.9. The van der Waals surface area contributed by atoms with E-state index in [4.69, 9.17) is 4.74 Å². The number of rotatable bonds is 6. The van der Waals surface area contributed by atoms with Crippen molar-refractivity contribution in [3.05, 3.63) is 65.5 Å². The number of ether oxygens (including phenoxy) is 1. The second-order valence-electron chi connectivity index (χ2n) is 5.36. The second-order valence-corrected chi connectivity index (χ2v) is 7.56. The van der Waals surface area contributed by atoms with Gasteiger partial charge in [-0.3, -0.25) is 14.9 Å². The van der Waals surface area contributed by atoms with Crippen molar-refractivity contribution in [2.24, 2.45) is 0 Å². The van der Waals surface area contributed by atoms with E-state index >= 15 is 0 Å². The van der Waals surface area contributed by atoms with Gasteiger partial charge in [0.2, 0.25) is 5.13 Å². The zero-order chi connectivity index (χ0) is 19.2. The third kappa shape index (κ3) is 5.60. The molecule has 0 atom stereocenters. The highest BCUT2D eigenvalue weighted by Crippen LogP contribution is 2.28. The first-order valence-corrected chi connectivity index (χ1v) is 9.60. The van der Waals surface area contributed by atoms with Crippen LogP contribution in [0.2, 0.25) is 0 Å². The van der Waals surface area contributed by atoms with Crippen LogP contribution in [-0.4, -0.2) is 22.1 Å². The van der Waals surface area contributed by atoms with Crippen LogP contribution in [0.1, 0.15) is 22.8 Å². The predicted molar refractivity (Wildman–Crippen MR) is 102 cm³/mol. The number of hydrogen-bond donors (Lipinski definition) is 1. The molecule has 9 heteroatoms. The van der Waals surface area contributed by atoms with Crippen molar-refractivity contribution < 1.29 is 18.7 Å². The van der Waals surface area contributed by atoms with E-state index in [-0.39, 0.29) is 11.7 Å². The first kappa shape index (κ1) is 19.0. The van der Waals surface area contributed by atoms with Gasteiger partial charge in [0.05, 0.1) is 0 Å². The lowest BCUT2D eigenvalue weighted by Gasteiger charge is -2.03. The summed E-state index contributed by atoms with van der Waals surface area (Å²) in [5.74, 6) is -0.0390. The fourth-order valence-electron chi connectivity index (χ4n) is 2.05. The summed E-state index contributed by atoms with van der Waals surface area (Å²) < 4.78 is 18.5. The van der Waals surface area contributed by atoms with Crippen molar-refractivity contribution in [3.63, 3.8) is 0 Å². The van der Waals surface area contributed by atoms with Crippen LogP contribution in [-0.2, 0) is 10.5 Å². The first-order valence-electron chi connectivity index (χ1n) is 7.80. The molecule has 0 saturated carbocycles. The quantitative estimate of drug-likeness (QED) is 0.288. The Balaban J connectivity index is 1.55. The fraction of sp³-hybridized carbons (Fsp3) is 0.111. The van der Waals surface area contributed by atoms with Gasteiger partial charge in [-0.25, -0.2) is 4.39 Å². The van der Waals surface area contributed by atoms with E-state index in [9.17, 15) is 14.0 Å². The van der Waals surface area contributed by atoms with Crippen LogP contribution < -0.4 is 10.1 Å². The molecule has 3 aromatic rings. The zero-order valence-electron chi connectivity index (χ0n) is 14.1. The number of nitrogens with zero attached hydrogens (tertiary/aromatic N) is 2. The molecule has 0 aliphatic carbocycles. The van der Waals surface area contributed by atoms with Crippen LogP contribution >= 0.6 is 23.1 Å². The summed E-state index contributed by atoms with van der Waals surface area (Å²) in [4.78, 5) is 23.1. The maximum absolute atomic E-state index is 12.9. The van der Waals surface area contributed by atoms with Gasteiger partial charge in [0, 0.05) is 18.2 Å². The van der Waals surface area contributed by atoms with Crippen molar-refractivity contribution in [3.8, 4) is 5.75 Å². The van der Waals surface area contributed by atoms with Gasteiger partial charge in [-0.1, -0.05) is 35.2 Å². The number of benzene rings is 2. The predicted octanol–water partition coefficient (Wildman–Crippen LogP) is 4.15. The molecule has 27 heavy (non-hydrogen) atoms. The van der Waals surface area contributed by atoms with E-state index < -0.39 is 5.97 Å². The normalized spacial score (nSPS) is 10.4. The molecule has 1 heterocycles. The van der Waals surface area contributed by atoms with E-state index in [1.54, 1.807) is 36.4 Å². The number of anilines is 1. The Labute approximate surface area is 162 Å². The van der Waals surface area contributed by atoms with Crippen LogP contribution in [0.15, 0.2) is 52.9 Å². The third-order valence-electron chi connectivity index (χ3n) is 3.28. The Morgan fingerprint density at radius 3 is 2.48 bits per heavy atom. The Kier molecular flexibility index (Phi) is 6.15. The molecule has 1 aromatic heterocycles. The van der Waals surface area contributed by atoms with Gasteiger partial charge in [-0.15, -0.1) is 10.2 Å². The van der Waals surface area contributed by atoms with Gasteiger partial charge in [0.1, 0.15) is 11.6 Å². The highest BCUT2D eigenvalue weighted by Gasteiger charge is 2.11. The Morgan fingerprint density at radius 2 is 1.81 bits per heavy atom. The van der Waals surface area contributed by atoms with E-state index in [0.717, 1.165) is 5.56 Å². The Bertz CT molecular complexity index is 943. The lowest BCUT2D eigenvalue weighted by molar-refractivity contribution is -0.131. The minimum Gasteiger partial charge on any atom is -0.427 e. The highest BCUT2D eigenvalue weighted by atomic mass is 32.2. The third-order valence-corrected chi connectivity index (χ3v) is 5.32. The minimum atomic E-state index is -0.424. The first-order chi connectivity index (χ1) is 13.0. The number of carbonyl (C=O) groups excluding carboxylic acids is 2. The van der Waals surface area contributed by atoms with Crippen LogP contribution in [0.5, 0.6) is 5.75 Å². The molecular weight excluding hydrogens is 389 g/mol. The Morgan fingerprint density at radius 1 is 1.11 bits per heavy atom. The molecule has 2 aromatic carbocycles. The van der Waals surface area contributed by atoms with Gasteiger partial charge in [0.25, 0.3) is 5.91 Å². The smallest absolute Gasteiger partial charge is 0.308 e. The van der Waals surface area contributed by atoms with Crippen molar-refractivity contribution in [2.75, 3.05) is 5.32 Å². The molecule has 138 valence electrons. The molecular formula is C18H14FN3O3S2. The molecule has 0 saturated heterocycles. The van der Waals surface area contributed by atoms with Crippen LogP contribution in [0.25, 0.3) is 0 Å². The SMILES string of the molecule is CC(=O)Oc1ccc(C(=O)Nc2nnc(SCc3ccc(F)cc3)s2)cc1. The summed E-state index contributed by atoms with van der Waals surface area (Å²) >= 11 is 2.71. The van der Waals surface area contributed by atoms with E-state index in [1.807, 2.05) is 0 Å². The summed E-state index contributed by atoms with van der Waals surface area (Å²) in [7, 11) is 0. The van der Waals surface area contributed by atoms with Crippen molar-refractivity contribution in [1.82, 2.24) is 10.2 Å². The number of amides is 1. The second kappa shape index (κ2) is 8.74. The zero-order valence-corrected chi connectivity index (χ0v) is 15.8. The maximum Gasteiger partial charge on any atom is 0.308 e. The van der Waals surface area contributed by atoms with Gasteiger partial charge >= 0.3 is 5.97 Å².